The molecule has 0 aliphatic carbocycles. The molecule has 0 spiro atoms. The summed E-state index contributed by atoms with van der Waals surface area (Å²) in [6.07, 6.45) is 0.998. The van der Waals surface area contributed by atoms with Crippen molar-refractivity contribution >= 4 is 5.91 Å². The van der Waals surface area contributed by atoms with Gasteiger partial charge in [0, 0.05) is 25.6 Å². The van der Waals surface area contributed by atoms with Crippen LogP contribution in [-0.4, -0.2) is 44.7 Å². The number of ether oxygens (including phenoxy) is 3. The van der Waals surface area contributed by atoms with Gasteiger partial charge < -0.3 is 19.9 Å². The van der Waals surface area contributed by atoms with Gasteiger partial charge in [-0.15, -0.1) is 0 Å². The predicted octanol–water partition coefficient (Wildman–Crippen LogP) is 6.14. The van der Waals surface area contributed by atoms with Crippen LogP contribution in [0.4, 0.5) is 0 Å². The summed E-state index contributed by atoms with van der Waals surface area (Å²) in [6, 6.07) is 33.3. The standard InChI is InChI=1S/C35H40N2O4/c1-26-21-28(16-17-32(26)39-2)24-37(25-31(29-11-6-4-7-12-29)30-13-8-5-9-14-30)19-10-20-41-33-18-15-27(23-35(36)38)22-34(33)40-3/h4-9,11-18,21-22,31H,10,19-20,23-25H2,1-3H3,(H2,36,38). The van der Waals surface area contributed by atoms with E-state index in [9.17, 15) is 4.79 Å². The first kappa shape index (κ1) is 29.7. The zero-order valence-corrected chi connectivity index (χ0v) is 24.2. The van der Waals surface area contributed by atoms with Crippen molar-refractivity contribution in [1.29, 1.82) is 0 Å². The van der Waals surface area contributed by atoms with Crippen LogP contribution in [-0.2, 0) is 17.8 Å². The van der Waals surface area contributed by atoms with E-state index in [4.69, 9.17) is 19.9 Å². The van der Waals surface area contributed by atoms with Gasteiger partial charge in [-0.1, -0.05) is 78.9 Å². The highest BCUT2D eigenvalue weighted by Crippen LogP contribution is 2.29. The lowest BCUT2D eigenvalue weighted by atomic mass is 9.90. The van der Waals surface area contributed by atoms with Gasteiger partial charge in [-0.05, 0) is 59.4 Å². The third-order valence-electron chi connectivity index (χ3n) is 7.19. The van der Waals surface area contributed by atoms with Crippen molar-refractivity contribution in [2.24, 2.45) is 5.73 Å². The number of nitrogens with zero attached hydrogens (tertiary/aromatic N) is 1. The van der Waals surface area contributed by atoms with Gasteiger partial charge in [-0.2, -0.15) is 0 Å². The minimum atomic E-state index is -0.378. The Bertz CT molecular complexity index is 1350. The van der Waals surface area contributed by atoms with Gasteiger partial charge in [0.1, 0.15) is 5.75 Å². The van der Waals surface area contributed by atoms with Crippen molar-refractivity contribution in [3.8, 4) is 17.2 Å². The number of nitrogens with two attached hydrogens (primary N) is 1. The molecular weight excluding hydrogens is 512 g/mol. The van der Waals surface area contributed by atoms with E-state index < -0.39 is 0 Å². The zero-order chi connectivity index (χ0) is 29.0. The Labute approximate surface area is 243 Å². The Morgan fingerprint density at radius 1 is 0.780 bits per heavy atom. The summed E-state index contributed by atoms with van der Waals surface area (Å²) in [4.78, 5) is 13.8. The zero-order valence-electron chi connectivity index (χ0n) is 24.2. The SMILES string of the molecule is COc1ccc(CN(CCCOc2ccc(CC(N)=O)cc2OC)CC(c2ccccc2)c2ccccc2)cc1C. The Kier molecular flexibility index (Phi) is 10.8. The highest BCUT2D eigenvalue weighted by atomic mass is 16.5. The van der Waals surface area contributed by atoms with E-state index in [1.54, 1.807) is 14.2 Å². The van der Waals surface area contributed by atoms with Crippen LogP contribution in [0.25, 0.3) is 0 Å². The smallest absolute Gasteiger partial charge is 0.221 e. The summed E-state index contributed by atoms with van der Waals surface area (Å²) in [5.41, 5.74) is 11.1. The van der Waals surface area contributed by atoms with E-state index in [1.807, 2.05) is 24.3 Å². The van der Waals surface area contributed by atoms with Crippen LogP contribution in [0.1, 0.15) is 40.2 Å². The fourth-order valence-corrected chi connectivity index (χ4v) is 5.18. The van der Waals surface area contributed by atoms with Gasteiger partial charge in [0.2, 0.25) is 5.91 Å². The first-order chi connectivity index (χ1) is 20.0. The lowest BCUT2D eigenvalue weighted by Crippen LogP contribution is -2.30. The number of rotatable bonds is 15. The highest BCUT2D eigenvalue weighted by Gasteiger charge is 2.19. The Balaban J connectivity index is 1.50. The van der Waals surface area contributed by atoms with Crippen LogP contribution in [0.2, 0.25) is 0 Å². The van der Waals surface area contributed by atoms with Gasteiger partial charge in [0.25, 0.3) is 0 Å². The molecule has 0 saturated carbocycles. The van der Waals surface area contributed by atoms with Crippen molar-refractivity contribution in [2.45, 2.75) is 32.2 Å². The molecule has 214 valence electrons. The van der Waals surface area contributed by atoms with Crippen LogP contribution in [0, 0.1) is 6.92 Å². The maximum absolute atomic E-state index is 11.3. The molecule has 0 aromatic heterocycles. The number of amides is 1. The van der Waals surface area contributed by atoms with E-state index >= 15 is 0 Å². The fraction of sp³-hybridized carbons (Fsp3) is 0.286. The fourth-order valence-electron chi connectivity index (χ4n) is 5.18. The van der Waals surface area contributed by atoms with Crippen molar-refractivity contribution in [3.05, 3.63) is 125 Å². The normalized spacial score (nSPS) is 11.0. The second kappa shape index (κ2) is 14.9. The first-order valence-corrected chi connectivity index (χ1v) is 14.0. The van der Waals surface area contributed by atoms with Gasteiger partial charge >= 0.3 is 0 Å². The molecule has 0 heterocycles. The molecule has 0 aliphatic rings. The molecule has 0 fully saturated rings. The summed E-state index contributed by atoms with van der Waals surface area (Å²) >= 11 is 0. The quantitative estimate of drug-likeness (QED) is 0.179. The van der Waals surface area contributed by atoms with E-state index in [0.717, 1.165) is 42.9 Å². The average Bonchev–Trinajstić information content (AvgIpc) is 2.99. The Hall–Kier alpha value is -4.29. The maximum Gasteiger partial charge on any atom is 0.221 e. The third kappa shape index (κ3) is 8.60. The lowest BCUT2D eigenvalue weighted by Gasteiger charge is -2.29. The van der Waals surface area contributed by atoms with Crippen molar-refractivity contribution < 1.29 is 19.0 Å². The summed E-state index contributed by atoms with van der Waals surface area (Å²) in [6.45, 7) is 5.14. The summed E-state index contributed by atoms with van der Waals surface area (Å²) in [5.74, 6) is 2.01. The third-order valence-corrected chi connectivity index (χ3v) is 7.19. The van der Waals surface area contributed by atoms with Gasteiger partial charge in [0.05, 0.1) is 27.2 Å². The molecule has 41 heavy (non-hydrogen) atoms. The predicted molar refractivity (Wildman–Crippen MR) is 164 cm³/mol. The van der Waals surface area contributed by atoms with Crippen molar-refractivity contribution in [3.63, 3.8) is 0 Å². The van der Waals surface area contributed by atoms with Crippen LogP contribution in [0.5, 0.6) is 17.2 Å². The molecule has 0 radical (unpaired) electrons. The van der Waals surface area contributed by atoms with E-state index in [-0.39, 0.29) is 18.2 Å². The number of hydrogen-bond acceptors (Lipinski definition) is 5. The molecular formula is C35H40N2O4. The van der Waals surface area contributed by atoms with Gasteiger partial charge in [0.15, 0.2) is 11.5 Å². The second-order valence-electron chi connectivity index (χ2n) is 10.2. The Morgan fingerprint density at radius 3 is 1.98 bits per heavy atom. The summed E-state index contributed by atoms with van der Waals surface area (Å²) < 4.78 is 17.1. The van der Waals surface area contributed by atoms with Crippen LogP contribution < -0.4 is 19.9 Å². The van der Waals surface area contributed by atoms with Crippen molar-refractivity contribution in [1.82, 2.24) is 4.90 Å². The molecule has 0 aliphatic heterocycles. The average molecular weight is 553 g/mol. The summed E-state index contributed by atoms with van der Waals surface area (Å²) in [7, 11) is 3.31. The van der Waals surface area contributed by atoms with Crippen LogP contribution in [0.15, 0.2) is 97.1 Å². The molecule has 6 nitrogen and oxygen atoms in total. The van der Waals surface area contributed by atoms with Gasteiger partial charge in [-0.3, -0.25) is 9.69 Å². The molecule has 0 unspecified atom stereocenters. The lowest BCUT2D eigenvalue weighted by molar-refractivity contribution is -0.117. The number of carbonyl (C=O) groups excluding carboxylic acids is 1. The van der Waals surface area contributed by atoms with E-state index in [2.05, 4.69) is 84.6 Å². The maximum atomic E-state index is 11.3. The number of methoxy groups -OCH3 is 2. The minimum Gasteiger partial charge on any atom is -0.496 e. The molecule has 0 saturated heterocycles. The molecule has 0 bridgehead atoms. The molecule has 0 atom stereocenters. The number of primary amides is 1. The van der Waals surface area contributed by atoms with Crippen LogP contribution in [0.3, 0.4) is 0 Å². The largest absolute Gasteiger partial charge is 0.496 e. The molecule has 4 aromatic rings. The second-order valence-corrected chi connectivity index (χ2v) is 10.2. The molecule has 4 rings (SSSR count). The van der Waals surface area contributed by atoms with Crippen LogP contribution >= 0.6 is 0 Å². The van der Waals surface area contributed by atoms with E-state index in [1.165, 1.54) is 16.7 Å². The molecule has 1 amide bonds. The molecule has 4 aromatic carbocycles. The molecule has 2 N–H and O–H groups in total. The van der Waals surface area contributed by atoms with Crippen molar-refractivity contribution in [2.75, 3.05) is 33.9 Å². The number of carbonyl (C=O) groups is 1. The number of aryl methyl sites for hydroxylation is 1. The van der Waals surface area contributed by atoms with E-state index in [0.29, 0.717) is 18.1 Å². The monoisotopic (exact) mass is 552 g/mol. The first-order valence-electron chi connectivity index (χ1n) is 14.0. The minimum absolute atomic E-state index is 0.167. The summed E-state index contributed by atoms with van der Waals surface area (Å²) in [5, 5.41) is 0. The highest BCUT2D eigenvalue weighted by molar-refractivity contribution is 5.76. The van der Waals surface area contributed by atoms with Gasteiger partial charge in [-0.25, -0.2) is 0 Å². The number of hydrogen-bond donors (Lipinski definition) is 1. The number of benzene rings is 4. The topological polar surface area (TPSA) is 74.0 Å². The Morgan fingerprint density at radius 2 is 1.39 bits per heavy atom. The molecule has 6 heteroatoms.